The number of nitrogens with zero attached hydrogens (tertiary/aromatic N) is 1. The molecule has 1 aromatic rings. The molecule has 6 heteroatoms. The molecule has 1 amide bonds. The van der Waals surface area contributed by atoms with Gasteiger partial charge in [-0.05, 0) is 18.6 Å². The Bertz CT molecular complexity index is 519. The van der Waals surface area contributed by atoms with Crippen molar-refractivity contribution in [3.63, 3.8) is 0 Å². The van der Waals surface area contributed by atoms with Crippen molar-refractivity contribution in [3.05, 3.63) is 30.3 Å². The second-order valence-corrected chi connectivity index (χ2v) is 5.73. The minimum absolute atomic E-state index is 0.0281. The Morgan fingerprint density at radius 1 is 1.39 bits per heavy atom. The van der Waals surface area contributed by atoms with E-state index in [1.54, 1.807) is 4.90 Å². The van der Waals surface area contributed by atoms with Crippen molar-refractivity contribution in [2.24, 2.45) is 5.92 Å². The normalized spacial score (nSPS) is 19.2. The average Bonchev–Trinajstić information content (AvgIpc) is 2.54. The third-order valence-corrected chi connectivity index (χ3v) is 3.84. The molecule has 6 nitrogen and oxygen atoms in total. The number of carbonyl (C=O) groups is 2. The van der Waals surface area contributed by atoms with E-state index in [0.29, 0.717) is 32.7 Å². The van der Waals surface area contributed by atoms with Crippen LogP contribution in [0.3, 0.4) is 0 Å². The fraction of sp³-hybridized carbons (Fsp3) is 0.529. The van der Waals surface area contributed by atoms with E-state index in [2.05, 4.69) is 0 Å². The van der Waals surface area contributed by atoms with Crippen LogP contribution in [-0.2, 0) is 14.3 Å². The van der Waals surface area contributed by atoms with Gasteiger partial charge in [0, 0.05) is 19.0 Å². The number of carboxylic acids is 1. The van der Waals surface area contributed by atoms with Crippen molar-refractivity contribution in [2.45, 2.75) is 25.9 Å². The van der Waals surface area contributed by atoms with Crippen molar-refractivity contribution in [1.82, 2.24) is 4.90 Å². The van der Waals surface area contributed by atoms with Gasteiger partial charge in [-0.2, -0.15) is 0 Å². The van der Waals surface area contributed by atoms with Gasteiger partial charge in [0.15, 0.2) is 0 Å². The Balaban J connectivity index is 1.76. The van der Waals surface area contributed by atoms with Crippen molar-refractivity contribution < 1.29 is 24.2 Å². The number of hydrogen-bond donors (Lipinski definition) is 1. The molecule has 0 aliphatic carbocycles. The predicted octanol–water partition coefficient (Wildman–Crippen LogP) is 1.79. The largest absolute Gasteiger partial charge is 0.494 e. The topological polar surface area (TPSA) is 76.1 Å². The van der Waals surface area contributed by atoms with Gasteiger partial charge in [-0.3, -0.25) is 9.59 Å². The highest BCUT2D eigenvalue weighted by atomic mass is 16.5. The maximum Gasteiger partial charge on any atom is 0.306 e. The molecule has 0 aromatic heterocycles. The number of morpholine rings is 1. The first kappa shape index (κ1) is 17.3. The Morgan fingerprint density at radius 3 is 2.83 bits per heavy atom. The second kappa shape index (κ2) is 8.53. The van der Waals surface area contributed by atoms with Gasteiger partial charge in [0.05, 0.1) is 25.7 Å². The van der Waals surface area contributed by atoms with E-state index in [1.807, 2.05) is 37.3 Å². The first-order chi connectivity index (χ1) is 11.1. The summed E-state index contributed by atoms with van der Waals surface area (Å²) in [5, 5.41) is 8.82. The van der Waals surface area contributed by atoms with Crippen LogP contribution in [0.1, 0.15) is 19.8 Å². The van der Waals surface area contributed by atoms with Gasteiger partial charge < -0.3 is 19.5 Å². The summed E-state index contributed by atoms with van der Waals surface area (Å²) in [4.78, 5) is 24.9. The van der Waals surface area contributed by atoms with Crippen molar-refractivity contribution in [3.8, 4) is 5.75 Å². The molecule has 1 fully saturated rings. The lowest BCUT2D eigenvalue weighted by atomic mass is 10.1. The first-order valence-corrected chi connectivity index (χ1v) is 7.86. The summed E-state index contributed by atoms with van der Waals surface area (Å²) < 4.78 is 11.0. The summed E-state index contributed by atoms with van der Waals surface area (Å²) in [5.41, 5.74) is 0. The van der Waals surface area contributed by atoms with E-state index in [4.69, 9.17) is 14.6 Å². The minimum atomic E-state index is -0.909. The fourth-order valence-corrected chi connectivity index (χ4v) is 2.54. The standard InChI is InChI=1S/C17H23NO5/c1-13(7-9-22-14-5-3-2-4-6-14)17(21)18-8-10-23-15(12-18)11-16(19)20/h2-6,13,15H,7-12H2,1H3,(H,19,20)/t13-,15-/m1/s1. The molecule has 1 aliphatic rings. The van der Waals surface area contributed by atoms with Gasteiger partial charge in [-0.25, -0.2) is 0 Å². The number of carbonyl (C=O) groups excluding carboxylic acids is 1. The Hall–Kier alpha value is -2.08. The lowest BCUT2D eigenvalue weighted by molar-refractivity contribution is -0.149. The van der Waals surface area contributed by atoms with Crippen molar-refractivity contribution in [1.29, 1.82) is 0 Å². The molecule has 1 aromatic carbocycles. The van der Waals surface area contributed by atoms with Crippen LogP contribution in [0.5, 0.6) is 5.75 Å². The lowest BCUT2D eigenvalue weighted by Crippen LogP contribution is -2.48. The summed E-state index contributed by atoms with van der Waals surface area (Å²) in [6.45, 7) is 3.59. The summed E-state index contributed by atoms with van der Waals surface area (Å²) >= 11 is 0. The van der Waals surface area contributed by atoms with E-state index < -0.39 is 12.1 Å². The summed E-state index contributed by atoms with van der Waals surface area (Å²) in [5.74, 6) is -0.253. The van der Waals surface area contributed by atoms with E-state index in [-0.39, 0.29) is 18.2 Å². The molecule has 1 N–H and O–H groups in total. The molecular weight excluding hydrogens is 298 g/mol. The summed E-state index contributed by atoms with van der Waals surface area (Å²) in [6.07, 6.45) is 0.127. The third kappa shape index (κ3) is 5.56. The second-order valence-electron chi connectivity index (χ2n) is 5.73. The number of ether oxygens (including phenoxy) is 2. The smallest absolute Gasteiger partial charge is 0.306 e. The molecule has 2 rings (SSSR count). The number of para-hydroxylation sites is 1. The maximum atomic E-state index is 12.4. The molecule has 2 atom stereocenters. The summed E-state index contributed by atoms with van der Waals surface area (Å²) in [7, 11) is 0. The highest BCUT2D eigenvalue weighted by Gasteiger charge is 2.28. The average molecular weight is 321 g/mol. The SMILES string of the molecule is C[C@H](CCOc1ccccc1)C(=O)N1CCO[C@H](CC(=O)O)C1. The molecule has 0 saturated carbocycles. The van der Waals surface area contributed by atoms with Gasteiger partial charge >= 0.3 is 5.97 Å². The van der Waals surface area contributed by atoms with Crippen LogP contribution in [0.2, 0.25) is 0 Å². The first-order valence-electron chi connectivity index (χ1n) is 7.86. The highest BCUT2D eigenvalue weighted by Crippen LogP contribution is 2.15. The zero-order valence-corrected chi connectivity index (χ0v) is 13.3. The highest BCUT2D eigenvalue weighted by molar-refractivity contribution is 5.78. The van der Waals surface area contributed by atoms with E-state index in [0.717, 1.165) is 5.75 Å². The van der Waals surface area contributed by atoms with E-state index >= 15 is 0 Å². The Kier molecular flexibility index (Phi) is 6.40. The van der Waals surface area contributed by atoms with Gasteiger partial charge in [-0.15, -0.1) is 0 Å². The molecule has 0 radical (unpaired) electrons. The molecule has 0 unspecified atom stereocenters. The third-order valence-electron chi connectivity index (χ3n) is 3.84. The van der Waals surface area contributed by atoms with Gasteiger partial charge in [0.25, 0.3) is 0 Å². The van der Waals surface area contributed by atoms with Crippen LogP contribution in [-0.4, -0.2) is 54.3 Å². The van der Waals surface area contributed by atoms with Gasteiger partial charge in [0.1, 0.15) is 5.75 Å². The quantitative estimate of drug-likeness (QED) is 0.828. The number of aliphatic carboxylic acids is 1. The van der Waals surface area contributed by atoms with Crippen molar-refractivity contribution >= 4 is 11.9 Å². The fourth-order valence-electron chi connectivity index (χ4n) is 2.54. The van der Waals surface area contributed by atoms with Crippen LogP contribution >= 0.6 is 0 Å². The van der Waals surface area contributed by atoms with Crippen LogP contribution in [0.25, 0.3) is 0 Å². The zero-order valence-electron chi connectivity index (χ0n) is 13.3. The minimum Gasteiger partial charge on any atom is -0.494 e. The molecular formula is C17H23NO5. The number of benzene rings is 1. The molecule has 0 bridgehead atoms. The van der Waals surface area contributed by atoms with E-state index in [1.165, 1.54) is 0 Å². The van der Waals surface area contributed by atoms with Crippen LogP contribution in [0.4, 0.5) is 0 Å². The number of hydrogen-bond acceptors (Lipinski definition) is 4. The lowest BCUT2D eigenvalue weighted by Gasteiger charge is -2.34. The summed E-state index contributed by atoms with van der Waals surface area (Å²) in [6, 6.07) is 9.49. The molecule has 1 saturated heterocycles. The number of carboxylic acid groups (broad SMARTS) is 1. The van der Waals surface area contributed by atoms with Crippen molar-refractivity contribution in [2.75, 3.05) is 26.3 Å². The molecule has 1 aliphatic heterocycles. The van der Waals surface area contributed by atoms with E-state index in [9.17, 15) is 9.59 Å². The van der Waals surface area contributed by atoms with Gasteiger partial charge in [0.2, 0.25) is 5.91 Å². The molecule has 126 valence electrons. The predicted molar refractivity (Wildman–Crippen MR) is 84.3 cm³/mol. The Labute approximate surface area is 136 Å². The molecule has 23 heavy (non-hydrogen) atoms. The monoisotopic (exact) mass is 321 g/mol. The molecule has 1 heterocycles. The molecule has 0 spiro atoms. The van der Waals surface area contributed by atoms with Crippen LogP contribution in [0.15, 0.2) is 30.3 Å². The van der Waals surface area contributed by atoms with Crippen LogP contribution < -0.4 is 4.74 Å². The van der Waals surface area contributed by atoms with Crippen LogP contribution in [0, 0.1) is 5.92 Å². The van der Waals surface area contributed by atoms with Gasteiger partial charge in [-0.1, -0.05) is 25.1 Å². The maximum absolute atomic E-state index is 12.4. The zero-order chi connectivity index (χ0) is 16.7. The number of rotatable bonds is 7. The Morgan fingerprint density at radius 2 is 2.13 bits per heavy atom. The number of amides is 1.